The lowest BCUT2D eigenvalue weighted by Gasteiger charge is -2.28. The molecule has 0 heterocycles. The number of alkyl carbamates (subject to hydrolysis) is 1. The number of aliphatic hydroxyl groups is 1. The molecule has 0 aliphatic heterocycles. The second-order valence-electron chi connectivity index (χ2n) is 9.36. The fourth-order valence-corrected chi connectivity index (χ4v) is 5.11. The molecule has 2 aliphatic rings. The second kappa shape index (κ2) is 11.4. The Labute approximate surface area is 204 Å². The lowest BCUT2D eigenvalue weighted by molar-refractivity contribution is -0.147. The Hall–Kier alpha value is -3.39. The van der Waals surface area contributed by atoms with Gasteiger partial charge in [0, 0.05) is 31.3 Å². The number of carboxylic acid groups (broad SMARTS) is 1. The zero-order chi connectivity index (χ0) is 24.8. The number of ether oxygens (including phenoxy) is 1. The van der Waals surface area contributed by atoms with Gasteiger partial charge in [0.05, 0.1) is 0 Å². The van der Waals surface area contributed by atoms with Crippen molar-refractivity contribution in [2.24, 2.45) is 11.8 Å². The molecule has 0 unspecified atom stereocenters. The van der Waals surface area contributed by atoms with Crippen LogP contribution in [0.1, 0.15) is 49.1 Å². The van der Waals surface area contributed by atoms with Crippen LogP contribution in [0.15, 0.2) is 48.5 Å². The summed E-state index contributed by atoms with van der Waals surface area (Å²) in [4.78, 5) is 35.3. The van der Waals surface area contributed by atoms with Crippen molar-refractivity contribution in [1.82, 2.24) is 10.6 Å². The topological polar surface area (TPSA) is 125 Å². The highest BCUT2D eigenvalue weighted by molar-refractivity contribution is 5.79. The van der Waals surface area contributed by atoms with E-state index >= 15 is 0 Å². The predicted molar refractivity (Wildman–Crippen MR) is 130 cm³/mol. The number of hydrogen-bond donors (Lipinski definition) is 4. The second-order valence-corrected chi connectivity index (χ2v) is 9.36. The van der Waals surface area contributed by atoms with Crippen molar-refractivity contribution in [1.29, 1.82) is 0 Å². The van der Waals surface area contributed by atoms with E-state index in [4.69, 9.17) is 9.84 Å². The molecule has 4 N–H and O–H groups in total. The minimum Gasteiger partial charge on any atom is -0.479 e. The molecule has 1 fully saturated rings. The maximum atomic E-state index is 12.4. The van der Waals surface area contributed by atoms with Crippen LogP contribution in [0.5, 0.6) is 0 Å². The van der Waals surface area contributed by atoms with E-state index in [-0.39, 0.29) is 43.2 Å². The summed E-state index contributed by atoms with van der Waals surface area (Å²) in [5.41, 5.74) is 4.73. The van der Waals surface area contributed by atoms with Crippen LogP contribution in [0, 0.1) is 11.8 Å². The largest absolute Gasteiger partial charge is 0.479 e. The molecule has 0 spiro atoms. The first kappa shape index (κ1) is 24.7. The van der Waals surface area contributed by atoms with E-state index < -0.39 is 18.2 Å². The molecule has 2 amide bonds. The number of rotatable bonds is 9. The summed E-state index contributed by atoms with van der Waals surface area (Å²) in [6.07, 6.45) is 1.16. The van der Waals surface area contributed by atoms with Gasteiger partial charge in [-0.15, -0.1) is 0 Å². The summed E-state index contributed by atoms with van der Waals surface area (Å²) >= 11 is 0. The van der Waals surface area contributed by atoms with Gasteiger partial charge in [-0.2, -0.15) is 0 Å². The number of carbonyl (C=O) groups is 3. The first-order valence-corrected chi connectivity index (χ1v) is 12.2. The van der Waals surface area contributed by atoms with Crippen LogP contribution in [0.25, 0.3) is 11.1 Å². The van der Waals surface area contributed by atoms with Gasteiger partial charge in [0.2, 0.25) is 5.91 Å². The average molecular weight is 481 g/mol. The Balaban J connectivity index is 1.17. The number of carboxylic acids is 1. The number of nitrogens with one attached hydrogen (secondary N) is 2. The molecule has 4 rings (SSSR count). The Morgan fingerprint density at radius 3 is 2.11 bits per heavy atom. The van der Waals surface area contributed by atoms with E-state index in [0.29, 0.717) is 19.4 Å². The van der Waals surface area contributed by atoms with E-state index in [2.05, 4.69) is 34.9 Å². The summed E-state index contributed by atoms with van der Waals surface area (Å²) in [6, 6.07) is 16.4. The third kappa shape index (κ3) is 6.00. The molecular formula is C27H32N2O6. The standard InChI is InChI=1S/C27H32N2O6/c30-24(26(32)33)13-14-28-25(31)18-11-9-17(10-12-18)15-29-27(34)35-16-23-21-7-3-1-5-19(21)20-6-2-4-8-22(20)23/h1-8,17-18,23-24,30H,9-16H2,(H,28,31)(H,29,34)(H,32,33)/t17?,18?,24-/m0/s1. The molecule has 2 aromatic carbocycles. The zero-order valence-corrected chi connectivity index (χ0v) is 19.6. The van der Waals surface area contributed by atoms with E-state index in [9.17, 15) is 19.5 Å². The summed E-state index contributed by atoms with van der Waals surface area (Å²) in [5, 5.41) is 23.5. The highest BCUT2D eigenvalue weighted by atomic mass is 16.5. The van der Waals surface area contributed by atoms with Gasteiger partial charge in [-0.3, -0.25) is 4.79 Å². The van der Waals surface area contributed by atoms with E-state index in [0.717, 1.165) is 12.8 Å². The molecule has 0 aromatic heterocycles. The molecule has 2 aliphatic carbocycles. The van der Waals surface area contributed by atoms with Crippen LogP contribution in [-0.2, 0) is 14.3 Å². The number of hydrogen-bond acceptors (Lipinski definition) is 5. The van der Waals surface area contributed by atoms with E-state index in [1.165, 1.54) is 22.3 Å². The maximum absolute atomic E-state index is 12.4. The Morgan fingerprint density at radius 2 is 1.51 bits per heavy atom. The van der Waals surface area contributed by atoms with Crippen LogP contribution >= 0.6 is 0 Å². The molecule has 1 atom stereocenters. The summed E-state index contributed by atoms with van der Waals surface area (Å²) < 4.78 is 5.59. The smallest absolute Gasteiger partial charge is 0.407 e. The monoisotopic (exact) mass is 480 g/mol. The molecule has 0 saturated heterocycles. The normalized spacial score (nSPS) is 19.8. The molecule has 1 saturated carbocycles. The van der Waals surface area contributed by atoms with Gasteiger partial charge in [-0.1, -0.05) is 48.5 Å². The van der Waals surface area contributed by atoms with Gasteiger partial charge >= 0.3 is 12.1 Å². The van der Waals surface area contributed by atoms with E-state index in [1.807, 2.05) is 24.3 Å². The third-order valence-corrected chi connectivity index (χ3v) is 7.10. The average Bonchev–Trinajstić information content (AvgIpc) is 3.20. The first-order chi connectivity index (χ1) is 16.9. The number of benzene rings is 2. The highest BCUT2D eigenvalue weighted by Gasteiger charge is 2.30. The Morgan fingerprint density at radius 1 is 0.914 bits per heavy atom. The van der Waals surface area contributed by atoms with Crippen LogP contribution in [0.4, 0.5) is 4.79 Å². The van der Waals surface area contributed by atoms with Crippen LogP contribution < -0.4 is 10.6 Å². The van der Waals surface area contributed by atoms with Crippen molar-refractivity contribution < 1.29 is 29.3 Å². The lowest BCUT2D eigenvalue weighted by atomic mass is 9.81. The molecule has 35 heavy (non-hydrogen) atoms. The number of aliphatic hydroxyl groups excluding tert-OH is 1. The van der Waals surface area contributed by atoms with Crippen molar-refractivity contribution in [3.63, 3.8) is 0 Å². The summed E-state index contributed by atoms with van der Waals surface area (Å²) in [6.45, 7) is 0.925. The first-order valence-electron chi connectivity index (χ1n) is 12.2. The van der Waals surface area contributed by atoms with Crippen LogP contribution in [0.3, 0.4) is 0 Å². The van der Waals surface area contributed by atoms with Crippen molar-refractivity contribution in [2.75, 3.05) is 19.7 Å². The van der Waals surface area contributed by atoms with Crippen LogP contribution in [-0.4, -0.2) is 54.0 Å². The molecule has 186 valence electrons. The molecule has 0 bridgehead atoms. The number of amides is 2. The predicted octanol–water partition coefficient (Wildman–Crippen LogP) is 3.28. The number of fused-ring (bicyclic) bond motifs is 3. The molecule has 2 aromatic rings. The van der Waals surface area contributed by atoms with Gasteiger partial charge in [-0.05, 0) is 53.9 Å². The molecule has 0 radical (unpaired) electrons. The lowest BCUT2D eigenvalue weighted by Crippen LogP contribution is -2.37. The van der Waals surface area contributed by atoms with Crippen LogP contribution in [0.2, 0.25) is 0 Å². The molecular weight excluding hydrogens is 448 g/mol. The van der Waals surface area contributed by atoms with Gasteiger partial charge in [0.25, 0.3) is 0 Å². The Bertz CT molecular complexity index is 1020. The van der Waals surface area contributed by atoms with Gasteiger partial charge in [0.1, 0.15) is 6.61 Å². The maximum Gasteiger partial charge on any atom is 0.407 e. The molecule has 8 nitrogen and oxygen atoms in total. The fourth-order valence-electron chi connectivity index (χ4n) is 5.11. The number of carbonyl (C=O) groups excluding carboxylic acids is 2. The SMILES string of the molecule is O=C(NCC1CCC(C(=O)NCC[C@H](O)C(=O)O)CC1)OCC1c2ccccc2-c2ccccc21. The quantitative estimate of drug-likeness (QED) is 0.437. The number of aliphatic carboxylic acids is 1. The minimum atomic E-state index is -1.46. The van der Waals surface area contributed by atoms with Gasteiger partial charge in [-0.25, -0.2) is 9.59 Å². The zero-order valence-electron chi connectivity index (χ0n) is 19.6. The highest BCUT2D eigenvalue weighted by Crippen LogP contribution is 2.44. The Kier molecular flexibility index (Phi) is 8.02. The van der Waals surface area contributed by atoms with Crippen molar-refractivity contribution in [3.05, 3.63) is 59.7 Å². The van der Waals surface area contributed by atoms with Crippen molar-refractivity contribution >= 4 is 18.0 Å². The third-order valence-electron chi connectivity index (χ3n) is 7.10. The fraction of sp³-hybridized carbons (Fsp3) is 0.444. The minimum absolute atomic E-state index is 0.0134. The van der Waals surface area contributed by atoms with Gasteiger partial charge in [0.15, 0.2) is 6.10 Å². The summed E-state index contributed by atoms with van der Waals surface area (Å²) in [7, 11) is 0. The summed E-state index contributed by atoms with van der Waals surface area (Å²) in [5.74, 6) is -1.20. The van der Waals surface area contributed by atoms with Crippen molar-refractivity contribution in [2.45, 2.75) is 44.1 Å². The molecule has 8 heteroatoms. The van der Waals surface area contributed by atoms with E-state index in [1.54, 1.807) is 0 Å². The van der Waals surface area contributed by atoms with Gasteiger partial charge < -0.3 is 25.6 Å². The van der Waals surface area contributed by atoms with Crippen molar-refractivity contribution in [3.8, 4) is 11.1 Å².